The van der Waals surface area contributed by atoms with E-state index in [1.54, 1.807) is 0 Å². The Kier molecular flexibility index (Phi) is 2.36. The van der Waals surface area contributed by atoms with Crippen LogP contribution < -0.4 is 5.32 Å². The molecule has 3 heteroatoms. The summed E-state index contributed by atoms with van der Waals surface area (Å²) in [5, 5.41) is 5.51. The summed E-state index contributed by atoms with van der Waals surface area (Å²) in [5.74, 6) is 1.90. The Morgan fingerprint density at radius 3 is 2.81 bits per heavy atom. The Hall–Kier alpha value is -1.09. The molecule has 2 heterocycles. The average molecular weight is 232 g/mol. The molecule has 2 aliphatic rings. The van der Waals surface area contributed by atoms with E-state index in [-0.39, 0.29) is 6.04 Å². The van der Waals surface area contributed by atoms with Gasteiger partial charge in [-0.2, -0.15) is 0 Å². The van der Waals surface area contributed by atoms with Gasteiger partial charge < -0.3 is 5.32 Å². The van der Waals surface area contributed by atoms with Crippen molar-refractivity contribution >= 4 is 17.2 Å². The first-order chi connectivity index (χ1) is 7.75. The maximum absolute atomic E-state index is 4.82. The van der Waals surface area contributed by atoms with Crippen LogP contribution in [0, 0.1) is 19.8 Å². The fourth-order valence-electron chi connectivity index (χ4n) is 2.00. The van der Waals surface area contributed by atoms with Crippen molar-refractivity contribution in [3.8, 4) is 0 Å². The zero-order chi connectivity index (χ0) is 11.1. The highest BCUT2D eigenvalue weighted by molar-refractivity contribution is 7.10. The molecule has 84 valence electrons. The first-order valence-corrected chi connectivity index (χ1v) is 6.69. The summed E-state index contributed by atoms with van der Waals surface area (Å²) in [6.45, 7) is 4.37. The highest BCUT2D eigenvalue weighted by atomic mass is 32.1. The highest BCUT2D eigenvalue weighted by Gasteiger charge is 2.29. The molecule has 2 nitrogen and oxygen atoms in total. The number of aryl methyl sites for hydroxylation is 1. The molecule has 1 saturated carbocycles. The van der Waals surface area contributed by atoms with Crippen LogP contribution in [0.25, 0.3) is 0 Å². The van der Waals surface area contributed by atoms with E-state index in [0.29, 0.717) is 5.92 Å². The summed E-state index contributed by atoms with van der Waals surface area (Å²) in [6, 6.07) is 0.246. The van der Waals surface area contributed by atoms with E-state index >= 15 is 0 Å². The molecule has 0 bridgehead atoms. The Balaban J connectivity index is 1.91. The molecule has 0 saturated heterocycles. The molecule has 1 aromatic rings. The maximum atomic E-state index is 4.82. The fourth-order valence-corrected chi connectivity index (χ4v) is 3.08. The second kappa shape index (κ2) is 3.74. The molecule has 1 aliphatic carbocycles. The van der Waals surface area contributed by atoms with Crippen LogP contribution in [-0.4, -0.2) is 5.84 Å². The summed E-state index contributed by atoms with van der Waals surface area (Å²) in [5.41, 5.74) is 2.79. The van der Waals surface area contributed by atoms with E-state index < -0.39 is 0 Å². The minimum atomic E-state index is 0.246. The molecule has 0 radical (unpaired) electrons. The zero-order valence-electron chi connectivity index (χ0n) is 9.66. The van der Waals surface area contributed by atoms with E-state index in [0.717, 1.165) is 0 Å². The molecule has 0 amide bonds. The Labute approximate surface area is 100 Å². The van der Waals surface area contributed by atoms with E-state index in [9.17, 15) is 0 Å². The molecule has 0 spiro atoms. The van der Waals surface area contributed by atoms with Gasteiger partial charge in [0.15, 0.2) is 0 Å². The van der Waals surface area contributed by atoms with Crippen LogP contribution in [0.4, 0.5) is 0 Å². The minimum absolute atomic E-state index is 0.246. The van der Waals surface area contributed by atoms with Crippen LogP contribution in [-0.2, 0) is 0 Å². The largest absolute Gasteiger partial charge is 0.350 e. The number of thiophene rings is 1. The van der Waals surface area contributed by atoms with E-state index in [1.165, 1.54) is 34.7 Å². The maximum Gasteiger partial charge on any atom is 0.106 e. The lowest BCUT2D eigenvalue weighted by atomic mass is 10.1. The Morgan fingerprint density at radius 2 is 2.19 bits per heavy atom. The van der Waals surface area contributed by atoms with Crippen LogP contribution >= 0.6 is 11.3 Å². The molecular formula is C13H16N2S. The van der Waals surface area contributed by atoms with Gasteiger partial charge in [-0.25, -0.2) is 0 Å². The summed E-state index contributed by atoms with van der Waals surface area (Å²) < 4.78 is 0. The van der Waals surface area contributed by atoms with Gasteiger partial charge in [-0.05, 0) is 49.3 Å². The van der Waals surface area contributed by atoms with Crippen LogP contribution in [0.1, 0.15) is 34.9 Å². The van der Waals surface area contributed by atoms with Gasteiger partial charge in [-0.1, -0.05) is 0 Å². The van der Waals surface area contributed by atoms with Gasteiger partial charge in [0.2, 0.25) is 0 Å². The van der Waals surface area contributed by atoms with Crippen molar-refractivity contribution < 1.29 is 0 Å². The number of nitrogens with one attached hydrogen (secondary N) is 1. The topological polar surface area (TPSA) is 24.4 Å². The van der Waals surface area contributed by atoms with Gasteiger partial charge in [0, 0.05) is 17.0 Å². The lowest BCUT2D eigenvalue weighted by Crippen LogP contribution is -2.23. The Morgan fingerprint density at radius 1 is 1.38 bits per heavy atom. The van der Waals surface area contributed by atoms with E-state index in [1.807, 2.05) is 11.3 Å². The van der Waals surface area contributed by atoms with Crippen LogP contribution in [0.2, 0.25) is 0 Å². The minimum Gasteiger partial charge on any atom is -0.350 e. The summed E-state index contributed by atoms with van der Waals surface area (Å²) in [7, 11) is 0. The van der Waals surface area contributed by atoms with Crippen molar-refractivity contribution in [3.05, 3.63) is 33.7 Å². The fraction of sp³-hybridized carbons (Fsp3) is 0.462. The van der Waals surface area contributed by atoms with Gasteiger partial charge in [-0.15, -0.1) is 11.3 Å². The highest BCUT2D eigenvalue weighted by Crippen LogP contribution is 2.35. The molecular weight excluding hydrogens is 216 g/mol. The SMILES string of the molecule is Cc1csc(C2C=CNC(C3CC3)=N2)c1C. The standard InChI is InChI=1S/C13H16N2S/c1-8-7-16-12(9(8)2)11-5-6-14-13(15-11)10-3-4-10/h5-7,10-11H,3-4H2,1-2H3,(H,14,15). The number of rotatable bonds is 2. The number of hydrogen-bond acceptors (Lipinski definition) is 3. The normalized spacial score (nSPS) is 24.1. The summed E-state index contributed by atoms with van der Waals surface area (Å²) in [4.78, 5) is 6.21. The third-order valence-corrected chi connectivity index (χ3v) is 4.62. The number of hydrogen-bond donors (Lipinski definition) is 1. The molecule has 0 aromatic carbocycles. The average Bonchev–Trinajstić information content (AvgIpc) is 3.08. The molecule has 1 aromatic heterocycles. The monoisotopic (exact) mass is 232 g/mol. The van der Waals surface area contributed by atoms with Crippen molar-refractivity contribution in [2.24, 2.45) is 10.9 Å². The van der Waals surface area contributed by atoms with Crippen molar-refractivity contribution in [3.63, 3.8) is 0 Å². The molecule has 1 atom stereocenters. The van der Waals surface area contributed by atoms with Crippen molar-refractivity contribution in [2.75, 3.05) is 0 Å². The lowest BCUT2D eigenvalue weighted by molar-refractivity contribution is 0.855. The summed E-state index contributed by atoms with van der Waals surface area (Å²) in [6.07, 6.45) is 6.81. The number of amidine groups is 1. The summed E-state index contributed by atoms with van der Waals surface area (Å²) >= 11 is 1.83. The van der Waals surface area contributed by atoms with Gasteiger partial charge in [0.1, 0.15) is 11.9 Å². The molecule has 1 fully saturated rings. The smallest absolute Gasteiger partial charge is 0.106 e. The first-order valence-electron chi connectivity index (χ1n) is 5.81. The van der Waals surface area contributed by atoms with Crippen LogP contribution in [0.15, 0.2) is 22.6 Å². The third kappa shape index (κ3) is 1.69. The van der Waals surface area contributed by atoms with Gasteiger partial charge in [0.25, 0.3) is 0 Å². The van der Waals surface area contributed by atoms with Gasteiger partial charge in [-0.3, -0.25) is 4.99 Å². The van der Waals surface area contributed by atoms with Gasteiger partial charge in [0.05, 0.1) is 0 Å². The van der Waals surface area contributed by atoms with E-state index in [2.05, 4.69) is 36.8 Å². The molecule has 1 aliphatic heterocycles. The Bertz CT molecular complexity index is 466. The molecule has 1 N–H and O–H groups in total. The lowest BCUT2D eigenvalue weighted by Gasteiger charge is -2.16. The zero-order valence-corrected chi connectivity index (χ0v) is 10.5. The van der Waals surface area contributed by atoms with Crippen LogP contribution in [0.5, 0.6) is 0 Å². The third-order valence-electron chi connectivity index (χ3n) is 3.34. The molecule has 16 heavy (non-hydrogen) atoms. The number of aliphatic imine (C=N–C) groups is 1. The van der Waals surface area contributed by atoms with Crippen LogP contribution in [0.3, 0.4) is 0 Å². The predicted octanol–water partition coefficient (Wildman–Crippen LogP) is 3.33. The van der Waals surface area contributed by atoms with Crippen molar-refractivity contribution in [1.82, 2.24) is 5.32 Å². The van der Waals surface area contributed by atoms with Crippen molar-refractivity contribution in [1.29, 1.82) is 0 Å². The second-order valence-electron chi connectivity index (χ2n) is 4.64. The first kappa shape index (κ1) is 10.1. The quantitative estimate of drug-likeness (QED) is 0.831. The van der Waals surface area contributed by atoms with Crippen molar-refractivity contribution in [2.45, 2.75) is 32.7 Å². The van der Waals surface area contributed by atoms with Gasteiger partial charge >= 0.3 is 0 Å². The second-order valence-corrected chi connectivity index (χ2v) is 5.56. The molecule has 1 unspecified atom stereocenters. The number of nitrogens with zero attached hydrogens (tertiary/aromatic N) is 1. The molecule has 3 rings (SSSR count). The predicted molar refractivity (Wildman–Crippen MR) is 69.0 cm³/mol. The van der Waals surface area contributed by atoms with E-state index in [4.69, 9.17) is 4.99 Å².